The van der Waals surface area contributed by atoms with E-state index in [1.807, 2.05) is 22.3 Å². The number of rotatable bonds is 5. The summed E-state index contributed by atoms with van der Waals surface area (Å²) in [4.78, 5) is 15.7. The number of thioether (sulfide) groups is 1. The van der Waals surface area contributed by atoms with E-state index in [-0.39, 0.29) is 12.0 Å². The minimum Gasteiger partial charge on any atom is -0.393 e. The second kappa shape index (κ2) is 8.46. The van der Waals surface area contributed by atoms with E-state index in [0.29, 0.717) is 31.7 Å². The maximum absolute atomic E-state index is 12.4. The summed E-state index contributed by atoms with van der Waals surface area (Å²) in [7, 11) is 0. The fourth-order valence-corrected chi connectivity index (χ4v) is 5.85. The topological polar surface area (TPSA) is 40.5 Å². The molecule has 1 amide bonds. The number of amides is 1. The molecule has 1 aliphatic heterocycles. The highest BCUT2D eigenvalue weighted by molar-refractivity contribution is 7.99. The van der Waals surface area contributed by atoms with Crippen molar-refractivity contribution in [2.24, 2.45) is 0 Å². The Kier molecular flexibility index (Phi) is 5.81. The Morgan fingerprint density at radius 2 is 1.78 bits per heavy atom. The van der Waals surface area contributed by atoms with Crippen LogP contribution in [0.25, 0.3) is 21.2 Å². The second-order valence-electron chi connectivity index (χ2n) is 6.87. The molecule has 1 aromatic heterocycles. The van der Waals surface area contributed by atoms with Gasteiger partial charge in [0.2, 0.25) is 5.91 Å². The molecule has 3 aromatic rings. The number of fused-ring (bicyclic) bond motifs is 1. The number of aliphatic hydroxyl groups excluding tert-OH is 1. The number of carbonyl (C=O) groups excluding carboxylic acids is 1. The summed E-state index contributed by atoms with van der Waals surface area (Å²) in [5.74, 6) is 1.53. The molecule has 4 rings (SSSR count). The van der Waals surface area contributed by atoms with Crippen LogP contribution in [0.4, 0.5) is 0 Å². The van der Waals surface area contributed by atoms with Gasteiger partial charge in [-0.25, -0.2) is 0 Å². The molecule has 5 heteroatoms. The van der Waals surface area contributed by atoms with Crippen molar-refractivity contribution in [3.8, 4) is 11.1 Å². The Morgan fingerprint density at radius 3 is 2.56 bits per heavy atom. The number of hydrogen-bond acceptors (Lipinski definition) is 4. The van der Waals surface area contributed by atoms with Gasteiger partial charge in [-0.1, -0.05) is 48.5 Å². The molecule has 0 aliphatic carbocycles. The largest absolute Gasteiger partial charge is 0.393 e. The SMILES string of the molecule is O=C(CSCc1sc2ccccc2c1-c1ccccc1)N1CCC(O)CC1. The van der Waals surface area contributed by atoms with Gasteiger partial charge in [-0.05, 0) is 24.5 Å². The number of aliphatic hydroxyl groups is 1. The number of benzene rings is 2. The highest BCUT2D eigenvalue weighted by Crippen LogP contribution is 2.40. The van der Waals surface area contributed by atoms with Crippen LogP contribution in [0.15, 0.2) is 54.6 Å². The fraction of sp³-hybridized carbons (Fsp3) is 0.318. The van der Waals surface area contributed by atoms with Crippen LogP contribution in [0, 0.1) is 0 Å². The molecule has 2 heterocycles. The number of likely N-dealkylation sites (tertiary alicyclic amines) is 1. The van der Waals surface area contributed by atoms with E-state index in [2.05, 4.69) is 48.5 Å². The van der Waals surface area contributed by atoms with Crippen molar-refractivity contribution in [2.75, 3.05) is 18.8 Å². The summed E-state index contributed by atoms with van der Waals surface area (Å²) in [5, 5.41) is 10.9. The summed E-state index contributed by atoms with van der Waals surface area (Å²) >= 11 is 3.52. The highest BCUT2D eigenvalue weighted by atomic mass is 32.2. The van der Waals surface area contributed by atoms with Gasteiger partial charge in [-0.3, -0.25) is 4.79 Å². The normalized spacial score (nSPS) is 15.4. The molecule has 1 aliphatic rings. The number of piperidine rings is 1. The lowest BCUT2D eigenvalue weighted by Crippen LogP contribution is -2.40. The molecule has 0 saturated carbocycles. The predicted molar refractivity (Wildman–Crippen MR) is 115 cm³/mol. The van der Waals surface area contributed by atoms with Gasteiger partial charge in [0.05, 0.1) is 11.9 Å². The molecule has 2 aromatic carbocycles. The summed E-state index contributed by atoms with van der Waals surface area (Å²) in [5.41, 5.74) is 2.54. The molecule has 140 valence electrons. The smallest absolute Gasteiger partial charge is 0.232 e. The molecule has 27 heavy (non-hydrogen) atoms. The molecule has 0 bridgehead atoms. The molecule has 0 atom stereocenters. The van der Waals surface area contributed by atoms with Crippen molar-refractivity contribution in [2.45, 2.75) is 24.7 Å². The Hall–Kier alpha value is -1.82. The summed E-state index contributed by atoms with van der Waals surface area (Å²) < 4.78 is 1.29. The molecular formula is C22H23NO2S2. The summed E-state index contributed by atoms with van der Waals surface area (Å²) in [6.45, 7) is 1.36. The van der Waals surface area contributed by atoms with E-state index in [4.69, 9.17) is 0 Å². The van der Waals surface area contributed by atoms with Gasteiger partial charge in [0.25, 0.3) is 0 Å². The van der Waals surface area contributed by atoms with E-state index in [9.17, 15) is 9.90 Å². The average molecular weight is 398 g/mol. The number of carbonyl (C=O) groups is 1. The second-order valence-corrected chi connectivity index (χ2v) is 8.99. The van der Waals surface area contributed by atoms with Gasteiger partial charge in [-0.15, -0.1) is 23.1 Å². The van der Waals surface area contributed by atoms with Crippen molar-refractivity contribution < 1.29 is 9.90 Å². The predicted octanol–water partition coefficient (Wildman–Crippen LogP) is 4.78. The van der Waals surface area contributed by atoms with Crippen LogP contribution in [-0.2, 0) is 10.5 Å². The lowest BCUT2D eigenvalue weighted by molar-refractivity contribution is -0.130. The molecule has 1 saturated heterocycles. The number of hydrogen-bond donors (Lipinski definition) is 1. The van der Waals surface area contributed by atoms with Crippen molar-refractivity contribution in [1.29, 1.82) is 0 Å². The average Bonchev–Trinajstić information content (AvgIpc) is 3.07. The van der Waals surface area contributed by atoms with Gasteiger partial charge >= 0.3 is 0 Å². The van der Waals surface area contributed by atoms with E-state index < -0.39 is 0 Å². The first kappa shape index (κ1) is 18.5. The molecule has 1 N–H and O–H groups in total. The zero-order valence-corrected chi connectivity index (χ0v) is 16.8. The van der Waals surface area contributed by atoms with E-state index >= 15 is 0 Å². The van der Waals surface area contributed by atoms with Gasteiger partial charge < -0.3 is 10.0 Å². The van der Waals surface area contributed by atoms with E-state index in [1.54, 1.807) is 11.8 Å². The van der Waals surface area contributed by atoms with Crippen LogP contribution < -0.4 is 0 Å². The molecular weight excluding hydrogens is 374 g/mol. The van der Waals surface area contributed by atoms with Crippen LogP contribution in [0.1, 0.15) is 17.7 Å². The first-order chi connectivity index (χ1) is 13.2. The molecule has 3 nitrogen and oxygen atoms in total. The van der Waals surface area contributed by atoms with Crippen molar-refractivity contribution in [1.82, 2.24) is 4.90 Å². The molecule has 1 fully saturated rings. The van der Waals surface area contributed by atoms with Crippen LogP contribution in [0.5, 0.6) is 0 Å². The first-order valence-electron chi connectivity index (χ1n) is 9.32. The van der Waals surface area contributed by atoms with Gasteiger partial charge in [0, 0.05) is 39.4 Å². The third-order valence-corrected chi connectivity index (χ3v) is 7.30. The van der Waals surface area contributed by atoms with Gasteiger partial charge in [0.15, 0.2) is 0 Å². The van der Waals surface area contributed by atoms with Crippen molar-refractivity contribution >= 4 is 39.1 Å². The van der Waals surface area contributed by atoms with E-state index in [1.165, 1.54) is 26.1 Å². The molecule has 0 unspecified atom stereocenters. The minimum absolute atomic E-state index is 0.189. The van der Waals surface area contributed by atoms with E-state index in [0.717, 1.165) is 5.75 Å². The van der Waals surface area contributed by atoms with Crippen molar-refractivity contribution in [3.05, 3.63) is 59.5 Å². The molecule has 0 spiro atoms. The monoisotopic (exact) mass is 397 g/mol. The zero-order valence-electron chi connectivity index (χ0n) is 15.1. The quantitative estimate of drug-likeness (QED) is 0.673. The number of thiophene rings is 1. The Morgan fingerprint density at radius 1 is 1.07 bits per heavy atom. The third kappa shape index (κ3) is 4.21. The van der Waals surface area contributed by atoms with Crippen LogP contribution in [0.2, 0.25) is 0 Å². The van der Waals surface area contributed by atoms with Crippen LogP contribution >= 0.6 is 23.1 Å². The first-order valence-corrected chi connectivity index (χ1v) is 11.3. The lowest BCUT2D eigenvalue weighted by atomic mass is 10.0. The lowest BCUT2D eigenvalue weighted by Gasteiger charge is -2.29. The van der Waals surface area contributed by atoms with Crippen LogP contribution in [-0.4, -0.2) is 40.9 Å². The summed E-state index contributed by atoms with van der Waals surface area (Å²) in [6, 6.07) is 19.0. The zero-order chi connectivity index (χ0) is 18.6. The fourth-order valence-electron chi connectivity index (χ4n) is 3.56. The summed E-state index contributed by atoms with van der Waals surface area (Å²) in [6.07, 6.45) is 1.16. The van der Waals surface area contributed by atoms with Crippen LogP contribution in [0.3, 0.4) is 0 Å². The van der Waals surface area contributed by atoms with Gasteiger partial charge in [-0.2, -0.15) is 0 Å². The van der Waals surface area contributed by atoms with Gasteiger partial charge in [0.1, 0.15) is 0 Å². The Balaban J connectivity index is 1.48. The Labute approximate surface area is 168 Å². The highest BCUT2D eigenvalue weighted by Gasteiger charge is 2.21. The third-order valence-electron chi connectivity index (χ3n) is 5.01. The molecule has 0 radical (unpaired) electrons. The number of nitrogens with zero attached hydrogens (tertiary/aromatic N) is 1. The maximum atomic E-state index is 12.4. The Bertz CT molecular complexity index is 914. The standard InChI is InChI=1S/C22H23NO2S2/c24-17-10-12-23(13-11-17)21(25)15-26-14-20-22(16-6-2-1-3-7-16)18-8-4-5-9-19(18)27-20/h1-9,17,24H,10-15H2. The minimum atomic E-state index is -0.242. The van der Waals surface area contributed by atoms with Crippen molar-refractivity contribution in [3.63, 3.8) is 0 Å². The maximum Gasteiger partial charge on any atom is 0.232 e.